The Morgan fingerprint density at radius 1 is 1.36 bits per heavy atom. The minimum absolute atomic E-state index is 0.693. The maximum absolute atomic E-state index is 8.51. The first-order valence-corrected chi connectivity index (χ1v) is 4.45. The van der Waals surface area contributed by atoms with E-state index in [0.29, 0.717) is 5.57 Å². The van der Waals surface area contributed by atoms with Crippen LogP contribution in [0.3, 0.4) is 0 Å². The van der Waals surface area contributed by atoms with Crippen molar-refractivity contribution in [3.8, 4) is 6.07 Å². The molecule has 0 aromatic carbocycles. The van der Waals surface area contributed by atoms with Crippen molar-refractivity contribution in [3.05, 3.63) is 49.2 Å². The van der Waals surface area contributed by atoms with Crippen LogP contribution in [0.2, 0.25) is 0 Å². The summed E-state index contributed by atoms with van der Waals surface area (Å²) in [6.45, 7) is 10.7. The third-order valence-electron chi connectivity index (χ3n) is 1.55. The minimum atomic E-state index is 0.693. The molecule has 0 saturated heterocycles. The van der Waals surface area contributed by atoms with Crippen molar-refractivity contribution in [2.75, 3.05) is 13.1 Å². The van der Waals surface area contributed by atoms with Gasteiger partial charge in [-0.05, 0) is 25.3 Å². The predicted molar refractivity (Wildman–Crippen MR) is 60.5 cm³/mol. The van der Waals surface area contributed by atoms with E-state index in [2.05, 4.69) is 19.2 Å². The van der Waals surface area contributed by atoms with Crippen LogP contribution in [0.25, 0.3) is 0 Å². The van der Waals surface area contributed by atoms with Gasteiger partial charge in [0.25, 0.3) is 0 Å². The quantitative estimate of drug-likeness (QED) is 0.364. The molecule has 0 bridgehead atoms. The van der Waals surface area contributed by atoms with E-state index in [4.69, 9.17) is 5.26 Å². The topological polar surface area (TPSA) is 27.0 Å². The van der Waals surface area contributed by atoms with Gasteiger partial charge in [-0.2, -0.15) is 5.26 Å². The Balaban J connectivity index is 4.21. The van der Waals surface area contributed by atoms with Crippen LogP contribution in [-0.2, 0) is 0 Å². The van der Waals surface area contributed by atoms with Crippen molar-refractivity contribution in [2.24, 2.45) is 0 Å². The summed E-state index contributed by atoms with van der Waals surface area (Å²) in [4.78, 5) is 2.04. The van der Waals surface area contributed by atoms with E-state index in [1.165, 1.54) is 0 Å². The Bertz CT molecular complexity index is 269. The summed E-state index contributed by atoms with van der Waals surface area (Å²) >= 11 is 0. The molecule has 2 heteroatoms. The van der Waals surface area contributed by atoms with Gasteiger partial charge in [0.05, 0.1) is 6.07 Å². The van der Waals surface area contributed by atoms with Crippen LogP contribution in [0.5, 0.6) is 0 Å². The number of rotatable bonds is 6. The van der Waals surface area contributed by atoms with Gasteiger partial charge in [-0.25, -0.2) is 0 Å². The molecule has 0 saturated carbocycles. The molecule has 0 fully saturated rings. The Kier molecular flexibility index (Phi) is 6.89. The molecule has 0 aliphatic rings. The van der Waals surface area contributed by atoms with Crippen LogP contribution in [0, 0.1) is 11.3 Å². The van der Waals surface area contributed by atoms with Gasteiger partial charge in [-0.3, -0.25) is 0 Å². The van der Waals surface area contributed by atoms with Crippen LogP contribution in [0.15, 0.2) is 49.2 Å². The molecular weight excluding hydrogens is 172 g/mol. The highest BCUT2D eigenvalue weighted by atomic mass is 15.1. The summed E-state index contributed by atoms with van der Waals surface area (Å²) in [5.41, 5.74) is 0.693. The van der Waals surface area contributed by atoms with E-state index in [9.17, 15) is 0 Å². The Morgan fingerprint density at radius 2 is 1.93 bits per heavy atom. The fourth-order valence-electron chi connectivity index (χ4n) is 0.874. The van der Waals surface area contributed by atoms with Crippen LogP contribution in [0.4, 0.5) is 0 Å². The smallest absolute Gasteiger partial charge is 0.0944 e. The predicted octanol–water partition coefficient (Wildman–Crippen LogP) is 2.64. The largest absolute Gasteiger partial charge is 0.370 e. The molecule has 0 aliphatic heterocycles. The van der Waals surface area contributed by atoms with E-state index < -0.39 is 0 Å². The molecule has 74 valence electrons. The lowest BCUT2D eigenvalue weighted by atomic mass is 10.3. The van der Waals surface area contributed by atoms with E-state index in [-0.39, 0.29) is 0 Å². The first kappa shape index (κ1) is 12.2. The van der Waals surface area contributed by atoms with E-state index in [0.717, 1.165) is 13.1 Å². The monoisotopic (exact) mass is 188 g/mol. The van der Waals surface area contributed by atoms with Crippen molar-refractivity contribution >= 4 is 0 Å². The number of hydrogen-bond donors (Lipinski definition) is 0. The SMILES string of the molecule is C=CCN(/C=C/C=C(/C)C#N)CC=C. The number of allylic oxidation sites excluding steroid dienone is 3. The van der Waals surface area contributed by atoms with Crippen molar-refractivity contribution < 1.29 is 0 Å². The maximum Gasteiger partial charge on any atom is 0.0944 e. The number of nitriles is 1. The zero-order chi connectivity index (χ0) is 10.8. The zero-order valence-corrected chi connectivity index (χ0v) is 8.61. The Morgan fingerprint density at radius 3 is 2.36 bits per heavy atom. The van der Waals surface area contributed by atoms with E-state index in [1.807, 2.05) is 29.3 Å². The fourth-order valence-corrected chi connectivity index (χ4v) is 0.874. The zero-order valence-electron chi connectivity index (χ0n) is 8.61. The lowest BCUT2D eigenvalue weighted by molar-refractivity contribution is 0.463. The van der Waals surface area contributed by atoms with Crippen molar-refractivity contribution in [3.63, 3.8) is 0 Å². The van der Waals surface area contributed by atoms with Crippen LogP contribution in [0.1, 0.15) is 6.92 Å². The summed E-state index contributed by atoms with van der Waals surface area (Å²) in [5.74, 6) is 0. The highest BCUT2D eigenvalue weighted by Crippen LogP contribution is 1.94. The molecule has 0 aromatic heterocycles. The van der Waals surface area contributed by atoms with Crippen molar-refractivity contribution in [1.29, 1.82) is 5.26 Å². The lowest BCUT2D eigenvalue weighted by Crippen LogP contribution is -2.16. The van der Waals surface area contributed by atoms with Gasteiger partial charge in [-0.1, -0.05) is 12.2 Å². The second-order valence-corrected chi connectivity index (χ2v) is 2.83. The molecule has 0 rings (SSSR count). The fraction of sp³-hybridized carbons (Fsp3) is 0.250. The molecular formula is C12H16N2. The summed E-state index contributed by atoms with van der Waals surface area (Å²) in [6.07, 6.45) is 9.21. The molecule has 2 nitrogen and oxygen atoms in total. The summed E-state index contributed by atoms with van der Waals surface area (Å²) in [6, 6.07) is 2.05. The molecule has 0 aliphatic carbocycles. The molecule has 0 radical (unpaired) electrons. The Labute approximate surface area is 86.1 Å². The standard InChI is InChI=1S/C12H16N2/c1-4-8-14(9-5-2)10-6-7-12(3)11-13/h4-7,10H,1-2,8-9H2,3H3/b10-6+,12-7-. The van der Waals surface area contributed by atoms with Gasteiger partial charge in [0.15, 0.2) is 0 Å². The average molecular weight is 188 g/mol. The molecule has 0 unspecified atom stereocenters. The van der Waals surface area contributed by atoms with Gasteiger partial charge in [0.2, 0.25) is 0 Å². The lowest BCUT2D eigenvalue weighted by Gasteiger charge is -2.14. The molecule has 0 N–H and O–H groups in total. The summed E-state index contributed by atoms with van der Waals surface area (Å²) in [7, 11) is 0. The number of hydrogen-bond acceptors (Lipinski definition) is 2. The van der Waals surface area contributed by atoms with Gasteiger partial charge in [0, 0.05) is 18.7 Å². The highest BCUT2D eigenvalue weighted by molar-refractivity contribution is 5.22. The van der Waals surface area contributed by atoms with Gasteiger partial charge < -0.3 is 4.90 Å². The van der Waals surface area contributed by atoms with Gasteiger partial charge >= 0.3 is 0 Å². The van der Waals surface area contributed by atoms with Crippen LogP contribution in [-0.4, -0.2) is 18.0 Å². The summed E-state index contributed by atoms with van der Waals surface area (Å²) < 4.78 is 0. The van der Waals surface area contributed by atoms with Crippen LogP contribution < -0.4 is 0 Å². The van der Waals surface area contributed by atoms with E-state index in [1.54, 1.807) is 13.0 Å². The van der Waals surface area contributed by atoms with Crippen molar-refractivity contribution in [2.45, 2.75) is 6.92 Å². The third-order valence-corrected chi connectivity index (χ3v) is 1.55. The number of nitrogens with zero attached hydrogens (tertiary/aromatic N) is 2. The summed E-state index contributed by atoms with van der Waals surface area (Å²) in [5, 5.41) is 8.51. The normalized spacial score (nSPS) is 11.0. The molecule has 0 spiro atoms. The molecule has 14 heavy (non-hydrogen) atoms. The molecule has 0 amide bonds. The minimum Gasteiger partial charge on any atom is -0.370 e. The van der Waals surface area contributed by atoms with Gasteiger partial charge in [-0.15, -0.1) is 13.2 Å². The first-order valence-electron chi connectivity index (χ1n) is 4.45. The van der Waals surface area contributed by atoms with Crippen LogP contribution >= 0.6 is 0 Å². The van der Waals surface area contributed by atoms with Crippen molar-refractivity contribution in [1.82, 2.24) is 4.90 Å². The highest BCUT2D eigenvalue weighted by Gasteiger charge is 1.90. The Hall–Kier alpha value is -1.75. The second-order valence-electron chi connectivity index (χ2n) is 2.83. The first-order chi connectivity index (χ1) is 6.74. The third kappa shape index (κ3) is 5.84. The average Bonchev–Trinajstić information content (AvgIpc) is 2.18. The van der Waals surface area contributed by atoms with Gasteiger partial charge in [0.1, 0.15) is 0 Å². The molecule has 0 atom stereocenters. The second kappa shape index (κ2) is 7.88. The molecule has 0 aromatic rings. The molecule has 0 heterocycles. The van der Waals surface area contributed by atoms with E-state index >= 15 is 0 Å². The maximum atomic E-state index is 8.51.